The number of thioether (sulfide) groups is 1. The molecule has 1 aromatic carbocycles. The number of amides is 2. The number of aryl methyl sites for hydroxylation is 1. The second-order valence-electron chi connectivity index (χ2n) is 7.61. The maximum Gasteiger partial charge on any atom is 0.317 e. The minimum Gasteiger partial charge on any atom is -0.483 e. The molecule has 2 aromatic rings. The third kappa shape index (κ3) is 8.93. The summed E-state index contributed by atoms with van der Waals surface area (Å²) in [5.74, 6) is 3.50. The first-order valence-corrected chi connectivity index (χ1v) is 12.2. The Hall–Kier alpha value is -2.79. The van der Waals surface area contributed by atoms with E-state index in [0.717, 1.165) is 55.6 Å². The minimum absolute atomic E-state index is 0.0901. The molecular formula is C22H33N5O5S. The van der Waals surface area contributed by atoms with Crippen molar-refractivity contribution < 1.29 is 24.6 Å². The number of rotatable bonds is 5. The first-order valence-electron chi connectivity index (χ1n) is 11.1. The molecule has 0 radical (unpaired) electrons. The molecular weight excluding hydrogens is 446 g/mol. The van der Waals surface area contributed by atoms with Crippen LogP contribution >= 0.6 is 11.8 Å². The number of H-pyrrole nitrogens is 1. The van der Waals surface area contributed by atoms with Crippen LogP contribution in [-0.4, -0.2) is 99.2 Å². The number of benzene rings is 1. The van der Waals surface area contributed by atoms with Crippen LogP contribution in [0.2, 0.25) is 0 Å². The van der Waals surface area contributed by atoms with Crippen LogP contribution in [0.1, 0.15) is 25.1 Å². The molecule has 0 unspecified atom stereocenters. The molecule has 0 saturated carbocycles. The molecule has 1 aromatic heterocycles. The van der Waals surface area contributed by atoms with Gasteiger partial charge in [-0.25, -0.2) is 9.78 Å². The van der Waals surface area contributed by atoms with Crippen LogP contribution in [0, 0.1) is 0 Å². The number of para-hydroxylation sites is 2. The molecule has 2 saturated heterocycles. The fraction of sp³-hybridized carbons (Fsp3) is 0.545. The average molecular weight is 480 g/mol. The van der Waals surface area contributed by atoms with E-state index in [1.807, 2.05) is 29.2 Å². The van der Waals surface area contributed by atoms with Crippen LogP contribution in [0.15, 0.2) is 24.3 Å². The number of carbonyl (C=O) groups is 3. The van der Waals surface area contributed by atoms with Crippen LogP contribution in [0.4, 0.5) is 4.79 Å². The van der Waals surface area contributed by atoms with Gasteiger partial charge in [-0.15, -0.1) is 0 Å². The number of carboxylic acid groups (broad SMARTS) is 2. The molecule has 11 heteroatoms. The Morgan fingerprint density at radius 1 is 1.12 bits per heavy atom. The molecule has 10 nitrogen and oxygen atoms in total. The molecule has 0 aliphatic carbocycles. The Kier molecular flexibility index (Phi) is 12.1. The number of hydrogen-bond acceptors (Lipinski definition) is 6. The van der Waals surface area contributed by atoms with Crippen molar-refractivity contribution in [1.82, 2.24) is 25.1 Å². The van der Waals surface area contributed by atoms with Gasteiger partial charge in [-0.3, -0.25) is 14.5 Å². The lowest BCUT2D eigenvalue weighted by Gasteiger charge is -2.40. The largest absolute Gasteiger partial charge is 0.483 e. The summed E-state index contributed by atoms with van der Waals surface area (Å²) < 4.78 is 0. The maximum absolute atomic E-state index is 12.4. The molecule has 4 N–H and O–H groups in total. The predicted octanol–water partition coefficient (Wildman–Crippen LogP) is 2.12. The fourth-order valence-corrected chi connectivity index (χ4v) is 5.00. The number of imidazole rings is 1. The van der Waals surface area contributed by atoms with Gasteiger partial charge in [0.2, 0.25) is 0 Å². The van der Waals surface area contributed by atoms with E-state index in [1.54, 1.807) is 0 Å². The summed E-state index contributed by atoms with van der Waals surface area (Å²) in [5.41, 5.74) is 2.08. The zero-order valence-electron chi connectivity index (χ0n) is 18.7. The predicted molar refractivity (Wildman–Crippen MR) is 129 cm³/mol. The summed E-state index contributed by atoms with van der Waals surface area (Å²) in [6.07, 6.45) is 3.96. The van der Waals surface area contributed by atoms with Crippen LogP contribution in [0.3, 0.4) is 0 Å². The zero-order chi connectivity index (χ0) is 23.9. The summed E-state index contributed by atoms with van der Waals surface area (Å²) in [6, 6.07) is 8.83. The molecule has 3 heterocycles. The lowest BCUT2D eigenvalue weighted by atomic mass is 10.0. The number of nitrogens with zero attached hydrogens (tertiary/aromatic N) is 3. The summed E-state index contributed by atoms with van der Waals surface area (Å²) in [7, 11) is 0. The highest BCUT2D eigenvalue weighted by Gasteiger charge is 2.27. The van der Waals surface area contributed by atoms with Crippen molar-refractivity contribution in [2.24, 2.45) is 0 Å². The van der Waals surface area contributed by atoms with Gasteiger partial charge in [-0.2, -0.15) is 11.8 Å². The van der Waals surface area contributed by atoms with E-state index in [1.165, 1.54) is 24.6 Å². The molecule has 2 amide bonds. The van der Waals surface area contributed by atoms with Crippen LogP contribution in [-0.2, 0) is 16.0 Å². The van der Waals surface area contributed by atoms with E-state index in [-0.39, 0.29) is 19.0 Å². The number of fused-ring (bicyclic) bond motifs is 1. The van der Waals surface area contributed by atoms with Crippen molar-refractivity contribution in [3.63, 3.8) is 0 Å². The number of piperidine rings is 1. The van der Waals surface area contributed by atoms with Gasteiger partial charge in [0.1, 0.15) is 5.82 Å². The number of hydrogen-bond donors (Lipinski definition) is 4. The van der Waals surface area contributed by atoms with Crippen molar-refractivity contribution >= 4 is 41.8 Å². The summed E-state index contributed by atoms with van der Waals surface area (Å²) in [5, 5.41) is 16.9. The van der Waals surface area contributed by atoms with Gasteiger partial charge in [-0.1, -0.05) is 12.1 Å². The van der Waals surface area contributed by atoms with E-state index in [0.29, 0.717) is 12.6 Å². The third-order valence-electron chi connectivity index (χ3n) is 5.62. The van der Waals surface area contributed by atoms with Gasteiger partial charge in [0.15, 0.2) is 0 Å². The zero-order valence-corrected chi connectivity index (χ0v) is 19.5. The van der Waals surface area contributed by atoms with Gasteiger partial charge < -0.3 is 25.4 Å². The number of urea groups is 1. The highest BCUT2D eigenvalue weighted by atomic mass is 32.2. The second kappa shape index (κ2) is 15.1. The minimum atomic E-state index is -0.250. The van der Waals surface area contributed by atoms with Crippen molar-refractivity contribution in [2.45, 2.75) is 31.7 Å². The monoisotopic (exact) mass is 479 g/mol. The van der Waals surface area contributed by atoms with Gasteiger partial charge in [0.05, 0.1) is 11.0 Å². The van der Waals surface area contributed by atoms with E-state index >= 15 is 0 Å². The van der Waals surface area contributed by atoms with Crippen molar-refractivity contribution in [2.75, 3.05) is 44.2 Å². The molecule has 0 spiro atoms. The Bertz CT molecular complexity index is 812. The van der Waals surface area contributed by atoms with Gasteiger partial charge in [0.25, 0.3) is 12.9 Å². The Balaban J connectivity index is 0.000000582. The number of carbonyl (C=O) groups excluding carboxylic acids is 1. The lowest BCUT2D eigenvalue weighted by molar-refractivity contribution is -0.123. The van der Waals surface area contributed by atoms with Crippen LogP contribution < -0.4 is 5.32 Å². The number of aromatic nitrogens is 2. The second-order valence-corrected chi connectivity index (χ2v) is 8.84. The van der Waals surface area contributed by atoms with E-state index in [4.69, 9.17) is 19.8 Å². The smallest absolute Gasteiger partial charge is 0.317 e. The molecule has 33 heavy (non-hydrogen) atoms. The van der Waals surface area contributed by atoms with E-state index in [2.05, 4.69) is 31.9 Å². The summed E-state index contributed by atoms with van der Waals surface area (Å²) in [6.45, 7) is 4.37. The molecule has 2 aliphatic heterocycles. The first-order chi connectivity index (χ1) is 16.1. The normalized spacial score (nSPS) is 16.7. The molecule has 0 bridgehead atoms. The molecule has 4 rings (SSSR count). The SMILES string of the molecule is O=C(NCCCc1nc2ccccc2[nH]1)N1CCC(N2CCSCC2)CC1.O=CO.O=CO. The summed E-state index contributed by atoms with van der Waals surface area (Å²) >= 11 is 2.06. The average Bonchev–Trinajstić information content (AvgIpc) is 3.26. The number of aromatic amines is 1. The Morgan fingerprint density at radius 2 is 1.76 bits per heavy atom. The quantitative estimate of drug-likeness (QED) is 0.378. The van der Waals surface area contributed by atoms with Gasteiger partial charge in [-0.05, 0) is 31.4 Å². The van der Waals surface area contributed by atoms with Crippen molar-refractivity contribution in [3.05, 3.63) is 30.1 Å². The van der Waals surface area contributed by atoms with Gasteiger partial charge >= 0.3 is 6.03 Å². The maximum atomic E-state index is 12.4. The first kappa shape index (κ1) is 26.5. The van der Waals surface area contributed by atoms with Crippen LogP contribution in [0.5, 0.6) is 0 Å². The number of likely N-dealkylation sites (tertiary alicyclic amines) is 1. The third-order valence-corrected chi connectivity index (χ3v) is 6.56. The van der Waals surface area contributed by atoms with E-state index in [9.17, 15) is 4.79 Å². The molecule has 0 atom stereocenters. The Labute approximate surface area is 197 Å². The van der Waals surface area contributed by atoms with Crippen molar-refractivity contribution in [3.8, 4) is 0 Å². The highest BCUT2D eigenvalue weighted by molar-refractivity contribution is 7.99. The molecule has 2 fully saturated rings. The number of nitrogens with one attached hydrogen (secondary N) is 2. The molecule has 182 valence electrons. The van der Waals surface area contributed by atoms with Crippen LogP contribution in [0.25, 0.3) is 11.0 Å². The topological polar surface area (TPSA) is 139 Å². The molecule has 2 aliphatic rings. The van der Waals surface area contributed by atoms with Gasteiger partial charge in [0, 0.05) is 56.7 Å². The summed E-state index contributed by atoms with van der Waals surface area (Å²) in [4.78, 5) is 41.7. The standard InChI is InChI=1S/C20H29N5OS.2CH2O2/c26-20(25-10-7-16(8-11-25)24-12-14-27-15-13-24)21-9-3-6-19-22-17-4-1-2-5-18(17)23-19;2*2-1-3/h1-2,4-5,16H,3,6-15H2,(H,21,26)(H,22,23);2*1H,(H,2,3). The fourth-order valence-electron chi connectivity index (χ4n) is 4.06. The van der Waals surface area contributed by atoms with Crippen molar-refractivity contribution in [1.29, 1.82) is 0 Å². The highest BCUT2D eigenvalue weighted by Crippen LogP contribution is 2.20. The lowest BCUT2D eigenvalue weighted by Crippen LogP contribution is -2.51. The Morgan fingerprint density at radius 3 is 2.39 bits per heavy atom. The van der Waals surface area contributed by atoms with E-state index < -0.39 is 0 Å².